The lowest BCUT2D eigenvalue weighted by molar-refractivity contribution is 0.777. The van der Waals surface area contributed by atoms with E-state index in [0.29, 0.717) is 5.70 Å². The van der Waals surface area contributed by atoms with E-state index in [0.717, 1.165) is 29.0 Å². The fourth-order valence-electron chi connectivity index (χ4n) is 1.15. The molecular formula is C16H24N2S. The highest BCUT2D eigenvalue weighted by molar-refractivity contribution is 8.01. The van der Waals surface area contributed by atoms with Gasteiger partial charge in [0, 0.05) is 17.1 Å². The predicted molar refractivity (Wildman–Crippen MR) is 89.5 cm³/mol. The molecule has 0 aromatic heterocycles. The van der Waals surface area contributed by atoms with Crippen LogP contribution < -0.4 is 10.5 Å². The fourth-order valence-corrected chi connectivity index (χ4v) is 1.97. The third kappa shape index (κ3) is 8.30. The van der Waals surface area contributed by atoms with Crippen LogP contribution in [0.4, 0.5) is 0 Å². The molecule has 19 heavy (non-hydrogen) atoms. The molecule has 0 saturated carbocycles. The molecule has 0 radical (unpaired) electrons. The van der Waals surface area contributed by atoms with Gasteiger partial charge in [-0.15, -0.1) is 0 Å². The quantitative estimate of drug-likeness (QED) is 0.356. The number of allylic oxidation sites excluding steroid dienone is 6. The zero-order chi connectivity index (χ0) is 14.7. The molecule has 0 aliphatic heterocycles. The van der Waals surface area contributed by atoms with Crippen molar-refractivity contribution in [3.05, 3.63) is 72.4 Å². The minimum Gasteiger partial charge on any atom is -0.399 e. The van der Waals surface area contributed by atoms with Gasteiger partial charge in [0.1, 0.15) is 0 Å². The highest BCUT2D eigenvalue weighted by Gasteiger charge is 2.05. The largest absolute Gasteiger partial charge is 0.399 e. The molecule has 0 fully saturated rings. The third-order valence-electron chi connectivity index (χ3n) is 2.27. The van der Waals surface area contributed by atoms with Crippen molar-refractivity contribution in [2.24, 2.45) is 5.73 Å². The van der Waals surface area contributed by atoms with Gasteiger partial charge in [0.05, 0.1) is 0 Å². The third-order valence-corrected chi connectivity index (χ3v) is 3.22. The Morgan fingerprint density at radius 3 is 2.47 bits per heavy atom. The standard InChI is InChI=1S/C16H24N2S/c1-6-8-12-18-19-16(9-7-2)15(5)13(3)10-11-14(4)17/h7,9-11,18H,2-6,8,12,17H2,1H3/b11-10-,16-9+. The van der Waals surface area contributed by atoms with Crippen molar-refractivity contribution in [3.63, 3.8) is 0 Å². The first-order valence-electron chi connectivity index (χ1n) is 6.26. The Kier molecular flexibility index (Phi) is 9.67. The predicted octanol–water partition coefficient (Wildman–Crippen LogP) is 4.24. The molecule has 0 saturated heterocycles. The molecule has 0 aromatic carbocycles. The number of hydrogen-bond donors (Lipinski definition) is 2. The van der Waals surface area contributed by atoms with E-state index >= 15 is 0 Å². The van der Waals surface area contributed by atoms with Gasteiger partial charge >= 0.3 is 0 Å². The van der Waals surface area contributed by atoms with E-state index in [2.05, 4.69) is 38.0 Å². The van der Waals surface area contributed by atoms with E-state index in [1.54, 1.807) is 24.1 Å². The molecule has 0 unspecified atom stereocenters. The molecule has 0 amide bonds. The summed E-state index contributed by atoms with van der Waals surface area (Å²) >= 11 is 1.55. The Morgan fingerprint density at radius 2 is 1.95 bits per heavy atom. The lowest BCUT2D eigenvalue weighted by Crippen LogP contribution is -2.06. The van der Waals surface area contributed by atoms with Gasteiger partial charge in [-0.2, -0.15) is 0 Å². The van der Waals surface area contributed by atoms with Gasteiger partial charge in [0.25, 0.3) is 0 Å². The van der Waals surface area contributed by atoms with Crippen LogP contribution >= 0.6 is 11.9 Å². The van der Waals surface area contributed by atoms with Gasteiger partial charge in [-0.05, 0) is 41.7 Å². The summed E-state index contributed by atoms with van der Waals surface area (Å²) < 4.78 is 3.30. The number of unbranched alkanes of at least 4 members (excludes halogenated alkanes) is 1. The molecule has 0 rings (SSSR count). The van der Waals surface area contributed by atoms with Gasteiger partial charge < -0.3 is 5.73 Å². The molecule has 0 aliphatic carbocycles. The maximum absolute atomic E-state index is 5.49. The monoisotopic (exact) mass is 276 g/mol. The maximum Gasteiger partial charge on any atom is 0.0300 e. The van der Waals surface area contributed by atoms with Crippen molar-refractivity contribution in [2.75, 3.05) is 6.54 Å². The highest BCUT2D eigenvalue weighted by Crippen LogP contribution is 2.26. The van der Waals surface area contributed by atoms with Crippen LogP contribution in [0.25, 0.3) is 0 Å². The molecule has 104 valence electrons. The van der Waals surface area contributed by atoms with Crippen LogP contribution in [-0.2, 0) is 0 Å². The molecule has 0 spiro atoms. The van der Waals surface area contributed by atoms with Crippen LogP contribution in [0.3, 0.4) is 0 Å². The van der Waals surface area contributed by atoms with Crippen molar-refractivity contribution in [1.29, 1.82) is 0 Å². The lowest BCUT2D eigenvalue weighted by Gasteiger charge is -2.11. The average Bonchev–Trinajstić information content (AvgIpc) is 2.38. The van der Waals surface area contributed by atoms with Crippen molar-refractivity contribution < 1.29 is 0 Å². The zero-order valence-electron chi connectivity index (χ0n) is 11.7. The van der Waals surface area contributed by atoms with E-state index in [9.17, 15) is 0 Å². The molecule has 0 heterocycles. The second kappa shape index (κ2) is 10.5. The summed E-state index contributed by atoms with van der Waals surface area (Å²) in [6.07, 6.45) is 9.51. The Morgan fingerprint density at radius 1 is 1.26 bits per heavy atom. The van der Waals surface area contributed by atoms with Crippen molar-refractivity contribution in [3.8, 4) is 0 Å². The molecule has 0 aromatic rings. The van der Waals surface area contributed by atoms with Crippen molar-refractivity contribution >= 4 is 11.9 Å². The van der Waals surface area contributed by atoms with E-state index in [1.165, 1.54) is 6.42 Å². The first kappa shape index (κ1) is 17.6. The zero-order valence-corrected chi connectivity index (χ0v) is 12.6. The molecule has 2 nitrogen and oxygen atoms in total. The number of nitrogens with one attached hydrogen (secondary N) is 1. The van der Waals surface area contributed by atoms with Crippen molar-refractivity contribution in [1.82, 2.24) is 4.72 Å². The SMILES string of the molecule is C=C/C=C(/SNCCCC)C(=C)C(=C)/C=C\C(=C)N. The number of rotatable bonds is 10. The molecule has 0 bridgehead atoms. The highest BCUT2D eigenvalue weighted by atomic mass is 32.2. The molecule has 3 N–H and O–H groups in total. The summed E-state index contributed by atoms with van der Waals surface area (Å²) in [5.74, 6) is 0. The topological polar surface area (TPSA) is 38.0 Å². The van der Waals surface area contributed by atoms with Crippen LogP contribution in [0.1, 0.15) is 19.8 Å². The minimum atomic E-state index is 0.497. The smallest absolute Gasteiger partial charge is 0.0300 e. The summed E-state index contributed by atoms with van der Waals surface area (Å²) in [7, 11) is 0. The van der Waals surface area contributed by atoms with Gasteiger partial charge in [-0.25, -0.2) is 0 Å². The number of hydrogen-bond acceptors (Lipinski definition) is 3. The fraction of sp³-hybridized carbons (Fsp3) is 0.250. The van der Waals surface area contributed by atoms with E-state index < -0.39 is 0 Å². The first-order valence-corrected chi connectivity index (χ1v) is 7.08. The first-order chi connectivity index (χ1) is 9.02. The van der Waals surface area contributed by atoms with Gasteiger partial charge in [0.2, 0.25) is 0 Å². The summed E-state index contributed by atoms with van der Waals surface area (Å²) in [5.41, 5.74) is 7.65. The minimum absolute atomic E-state index is 0.497. The Bertz CT molecular complexity index is 403. The molecule has 3 heteroatoms. The Hall–Kier alpha value is -1.45. The van der Waals surface area contributed by atoms with Crippen molar-refractivity contribution in [2.45, 2.75) is 19.8 Å². The second-order valence-corrected chi connectivity index (χ2v) is 4.96. The van der Waals surface area contributed by atoms with Crippen LogP contribution in [-0.4, -0.2) is 6.54 Å². The second-order valence-electron chi connectivity index (χ2n) is 4.03. The lowest BCUT2D eigenvalue weighted by atomic mass is 10.1. The van der Waals surface area contributed by atoms with Crippen LogP contribution in [0, 0.1) is 0 Å². The average molecular weight is 276 g/mol. The molecule has 0 atom stereocenters. The van der Waals surface area contributed by atoms with Gasteiger partial charge in [-0.1, -0.05) is 51.8 Å². The van der Waals surface area contributed by atoms with E-state index in [1.807, 2.05) is 12.2 Å². The summed E-state index contributed by atoms with van der Waals surface area (Å²) in [6, 6.07) is 0. The van der Waals surface area contributed by atoms with Gasteiger partial charge in [-0.3, -0.25) is 4.72 Å². The Labute approximate surface area is 121 Å². The summed E-state index contributed by atoms with van der Waals surface area (Å²) in [6.45, 7) is 18.5. The van der Waals surface area contributed by atoms with Crippen LogP contribution in [0.15, 0.2) is 72.4 Å². The molecule has 0 aliphatic rings. The van der Waals surface area contributed by atoms with Crippen LogP contribution in [0.2, 0.25) is 0 Å². The van der Waals surface area contributed by atoms with E-state index in [-0.39, 0.29) is 0 Å². The number of nitrogens with two attached hydrogens (primary N) is 1. The van der Waals surface area contributed by atoms with Crippen LogP contribution in [0.5, 0.6) is 0 Å². The summed E-state index contributed by atoms with van der Waals surface area (Å²) in [4.78, 5) is 1.00. The Balaban J connectivity index is 4.57. The maximum atomic E-state index is 5.49. The summed E-state index contributed by atoms with van der Waals surface area (Å²) in [5, 5.41) is 0. The van der Waals surface area contributed by atoms with E-state index in [4.69, 9.17) is 5.73 Å². The van der Waals surface area contributed by atoms with Gasteiger partial charge in [0.15, 0.2) is 0 Å². The molecular weight excluding hydrogens is 252 g/mol. The normalized spacial score (nSPS) is 11.5.